The van der Waals surface area contributed by atoms with Gasteiger partial charge >= 0.3 is 5.97 Å². The van der Waals surface area contributed by atoms with Crippen molar-refractivity contribution in [1.29, 1.82) is 0 Å². The molecule has 0 aromatic heterocycles. The Labute approximate surface area is 183 Å². The third kappa shape index (κ3) is 6.31. The van der Waals surface area contributed by atoms with Gasteiger partial charge in [-0.2, -0.15) is 0 Å². The molecule has 2 aromatic carbocycles. The molecule has 0 aliphatic carbocycles. The van der Waals surface area contributed by atoms with Crippen LogP contribution < -0.4 is 10.1 Å². The number of carbonyl (C=O) groups is 2. The molecule has 3 atom stereocenters. The molecule has 2 aromatic rings. The summed E-state index contributed by atoms with van der Waals surface area (Å²) in [5.41, 5.74) is 2.18. The number of nitrogens with one attached hydrogen (secondary N) is 1. The fraction of sp³-hybridized carbons (Fsp3) is 0.440. The smallest absolute Gasteiger partial charge is 0.338 e. The van der Waals surface area contributed by atoms with Gasteiger partial charge in [-0.05, 0) is 68.0 Å². The fourth-order valence-electron chi connectivity index (χ4n) is 3.43. The summed E-state index contributed by atoms with van der Waals surface area (Å²) in [5.74, 6) is 0.0685. The minimum absolute atomic E-state index is 0.134. The molecule has 0 unspecified atom stereocenters. The van der Waals surface area contributed by atoms with Crippen LogP contribution in [0.25, 0.3) is 0 Å². The number of rotatable bonds is 9. The zero-order chi connectivity index (χ0) is 22.2. The number of amides is 1. The topological polar surface area (TPSA) is 73.9 Å². The lowest BCUT2D eigenvalue weighted by atomic mass is 9.97. The first-order valence-corrected chi connectivity index (χ1v) is 10.9. The van der Waals surface area contributed by atoms with Gasteiger partial charge in [0.2, 0.25) is 0 Å². The summed E-state index contributed by atoms with van der Waals surface area (Å²) in [6.07, 6.45) is 2.24. The number of esters is 1. The van der Waals surface area contributed by atoms with E-state index < -0.39 is 12.1 Å². The highest BCUT2D eigenvalue weighted by Crippen LogP contribution is 2.26. The summed E-state index contributed by atoms with van der Waals surface area (Å²) in [4.78, 5) is 25.0. The molecule has 6 heteroatoms. The van der Waals surface area contributed by atoms with Crippen LogP contribution in [0.1, 0.15) is 61.9 Å². The van der Waals surface area contributed by atoms with E-state index in [9.17, 15) is 9.59 Å². The van der Waals surface area contributed by atoms with Crippen molar-refractivity contribution in [2.75, 3.05) is 18.5 Å². The maximum Gasteiger partial charge on any atom is 0.338 e. The summed E-state index contributed by atoms with van der Waals surface area (Å²) in [5, 5.41) is 2.89. The molecule has 0 spiro atoms. The van der Waals surface area contributed by atoms with Crippen molar-refractivity contribution < 1.29 is 23.8 Å². The maximum absolute atomic E-state index is 12.6. The van der Waals surface area contributed by atoms with Gasteiger partial charge in [-0.25, -0.2) is 4.79 Å². The highest BCUT2D eigenvalue weighted by molar-refractivity contribution is 5.97. The number of anilines is 1. The minimum Gasteiger partial charge on any atom is -0.491 e. The largest absolute Gasteiger partial charge is 0.491 e. The third-order valence-corrected chi connectivity index (χ3v) is 5.56. The Kier molecular flexibility index (Phi) is 8.06. The quantitative estimate of drug-likeness (QED) is 0.576. The van der Waals surface area contributed by atoms with Crippen LogP contribution in [0.2, 0.25) is 0 Å². The molecule has 0 bridgehead atoms. The monoisotopic (exact) mass is 425 g/mol. The molecule has 1 aliphatic rings. The molecule has 1 aliphatic heterocycles. The van der Waals surface area contributed by atoms with Crippen LogP contribution in [-0.2, 0) is 14.3 Å². The molecule has 0 saturated carbocycles. The summed E-state index contributed by atoms with van der Waals surface area (Å²) in [6, 6.07) is 14.4. The highest BCUT2D eigenvalue weighted by Gasteiger charge is 2.21. The van der Waals surface area contributed by atoms with Gasteiger partial charge in [0.1, 0.15) is 12.4 Å². The summed E-state index contributed by atoms with van der Waals surface area (Å²) in [6.45, 7) is 7.07. The highest BCUT2D eigenvalue weighted by atomic mass is 16.5. The van der Waals surface area contributed by atoms with Crippen LogP contribution in [0, 0.1) is 0 Å². The predicted molar refractivity (Wildman–Crippen MR) is 120 cm³/mol. The van der Waals surface area contributed by atoms with Crippen molar-refractivity contribution >= 4 is 17.6 Å². The molecule has 1 heterocycles. The van der Waals surface area contributed by atoms with E-state index in [2.05, 4.69) is 19.2 Å². The second-order valence-electron chi connectivity index (χ2n) is 7.90. The first kappa shape index (κ1) is 22.8. The van der Waals surface area contributed by atoms with Gasteiger partial charge in [0.25, 0.3) is 5.91 Å². The van der Waals surface area contributed by atoms with Gasteiger partial charge < -0.3 is 19.5 Å². The molecule has 31 heavy (non-hydrogen) atoms. The van der Waals surface area contributed by atoms with E-state index in [0.717, 1.165) is 37.1 Å². The van der Waals surface area contributed by atoms with E-state index >= 15 is 0 Å². The standard InChI is InChI=1S/C25H31NO5/c1-4-17(2)22-9-5-6-10-23(22)26-24(27)18(3)31-25(28)19-11-13-20(14-12-19)30-16-21-8-7-15-29-21/h5-6,9-14,17-18,21H,4,7-8,15-16H2,1-3H3,(H,26,27)/t17-,18+,21-/m0/s1. The van der Waals surface area contributed by atoms with Crippen molar-refractivity contribution in [3.63, 3.8) is 0 Å². The molecule has 1 amide bonds. The van der Waals surface area contributed by atoms with Crippen molar-refractivity contribution in [3.05, 3.63) is 59.7 Å². The molecular weight excluding hydrogens is 394 g/mol. The van der Waals surface area contributed by atoms with Crippen molar-refractivity contribution in [2.45, 2.75) is 58.2 Å². The van der Waals surface area contributed by atoms with Crippen LogP contribution in [-0.4, -0.2) is 37.3 Å². The lowest BCUT2D eigenvalue weighted by Crippen LogP contribution is -2.30. The molecule has 1 saturated heterocycles. The zero-order valence-corrected chi connectivity index (χ0v) is 18.4. The Hall–Kier alpha value is -2.86. The van der Waals surface area contributed by atoms with E-state index in [4.69, 9.17) is 14.2 Å². The SMILES string of the molecule is CC[C@H](C)c1ccccc1NC(=O)[C@@H](C)OC(=O)c1ccc(OC[C@@H]2CCCO2)cc1. The number of hydrogen-bond donors (Lipinski definition) is 1. The van der Waals surface area contributed by atoms with E-state index in [-0.39, 0.29) is 12.0 Å². The Morgan fingerprint density at radius 3 is 2.55 bits per heavy atom. The number of benzene rings is 2. The maximum atomic E-state index is 12.6. The number of carbonyl (C=O) groups excluding carboxylic acids is 2. The van der Waals surface area contributed by atoms with Crippen LogP contribution in [0.4, 0.5) is 5.69 Å². The van der Waals surface area contributed by atoms with Gasteiger partial charge in [0, 0.05) is 12.3 Å². The summed E-state index contributed by atoms with van der Waals surface area (Å²) < 4.78 is 16.6. The summed E-state index contributed by atoms with van der Waals surface area (Å²) in [7, 11) is 0. The molecule has 3 rings (SSSR count). The third-order valence-electron chi connectivity index (χ3n) is 5.56. The molecule has 166 valence electrons. The average molecular weight is 426 g/mol. The molecular formula is C25H31NO5. The lowest BCUT2D eigenvalue weighted by molar-refractivity contribution is -0.123. The Morgan fingerprint density at radius 1 is 1.13 bits per heavy atom. The Morgan fingerprint density at radius 2 is 1.87 bits per heavy atom. The zero-order valence-electron chi connectivity index (χ0n) is 18.4. The van der Waals surface area contributed by atoms with Gasteiger partial charge in [-0.3, -0.25) is 4.79 Å². The van der Waals surface area contributed by atoms with Gasteiger partial charge in [-0.1, -0.05) is 32.0 Å². The van der Waals surface area contributed by atoms with E-state index in [1.54, 1.807) is 31.2 Å². The van der Waals surface area contributed by atoms with Crippen LogP contribution >= 0.6 is 0 Å². The first-order valence-electron chi connectivity index (χ1n) is 10.9. The van der Waals surface area contributed by atoms with Gasteiger partial charge in [0.15, 0.2) is 6.10 Å². The summed E-state index contributed by atoms with van der Waals surface area (Å²) >= 11 is 0. The molecule has 6 nitrogen and oxygen atoms in total. The van der Waals surface area contributed by atoms with Crippen molar-refractivity contribution in [1.82, 2.24) is 0 Å². The van der Waals surface area contributed by atoms with Gasteiger partial charge in [-0.15, -0.1) is 0 Å². The van der Waals surface area contributed by atoms with Crippen molar-refractivity contribution in [2.24, 2.45) is 0 Å². The minimum atomic E-state index is -0.923. The molecule has 1 fully saturated rings. The normalized spacial score (nSPS) is 17.6. The Balaban J connectivity index is 1.53. The molecule has 1 N–H and O–H groups in total. The number of ether oxygens (including phenoxy) is 3. The van der Waals surface area contributed by atoms with E-state index in [1.807, 2.05) is 24.3 Å². The van der Waals surface area contributed by atoms with Crippen molar-refractivity contribution in [3.8, 4) is 5.75 Å². The van der Waals surface area contributed by atoms with Crippen LogP contribution in [0.3, 0.4) is 0 Å². The van der Waals surface area contributed by atoms with E-state index in [0.29, 0.717) is 23.8 Å². The van der Waals surface area contributed by atoms with Gasteiger partial charge in [0.05, 0.1) is 11.7 Å². The van der Waals surface area contributed by atoms with Crippen LogP contribution in [0.5, 0.6) is 5.75 Å². The lowest BCUT2D eigenvalue weighted by Gasteiger charge is -2.18. The molecule has 0 radical (unpaired) electrons. The predicted octanol–water partition coefficient (Wildman–Crippen LogP) is 4.94. The second-order valence-corrected chi connectivity index (χ2v) is 7.90. The second kappa shape index (κ2) is 11.0. The first-order chi connectivity index (χ1) is 15.0. The average Bonchev–Trinajstić information content (AvgIpc) is 3.31. The van der Waals surface area contributed by atoms with Crippen LogP contribution in [0.15, 0.2) is 48.5 Å². The number of hydrogen-bond acceptors (Lipinski definition) is 5. The fourth-order valence-corrected chi connectivity index (χ4v) is 3.43. The van der Waals surface area contributed by atoms with E-state index in [1.165, 1.54) is 0 Å². The Bertz CT molecular complexity index is 874. The number of para-hydroxylation sites is 1.